The minimum atomic E-state index is -0.558. The van der Waals surface area contributed by atoms with Gasteiger partial charge in [-0.1, -0.05) is 6.07 Å². The number of carbonyl (C=O) groups is 3. The van der Waals surface area contributed by atoms with Crippen LogP contribution in [0.3, 0.4) is 0 Å². The van der Waals surface area contributed by atoms with E-state index in [4.69, 9.17) is 4.74 Å². The predicted molar refractivity (Wildman–Crippen MR) is 108 cm³/mol. The molecule has 8 nitrogen and oxygen atoms in total. The topological polar surface area (TPSA) is 88.2 Å². The Balaban J connectivity index is 1.61. The normalized spacial score (nSPS) is 19.3. The SMILES string of the molecule is COC(=O)CCN1CCN(c2ccc(C3=C[C@H](CNC(C)=O)OC3=O)cc2F)CC1. The standard InChI is InChI=1S/C21H26FN3O5/c1-14(26)23-13-16-12-17(21(28)30-16)15-3-4-19(18(22)11-15)25-9-7-24(8-10-25)6-5-20(27)29-2/h3-4,11-12,16H,5-10,13H2,1-2H3,(H,23,26)/t16-/m1/s1. The quantitative estimate of drug-likeness (QED) is 0.659. The van der Waals surface area contributed by atoms with E-state index in [9.17, 15) is 18.8 Å². The molecule has 1 fully saturated rings. The Hall–Kier alpha value is -2.94. The molecule has 2 heterocycles. The average Bonchev–Trinajstić information content (AvgIpc) is 3.11. The van der Waals surface area contributed by atoms with E-state index < -0.39 is 17.9 Å². The molecule has 2 aliphatic rings. The van der Waals surface area contributed by atoms with Crippen molar-refractivity contribution in [3.05, 3.63) is 35.7 Å². The molecule has 1 aromatic rings. The molecule has 0 spiro atoms. The second-order valence-corrected chi connectivity index (χ2v) is 7.28. The van der Waals surface area contributed by atoms with Crippen LogP contribution in [0.5, 0.6) is 0 Å². The molecule has 162 valence electrons. The number of anilines is 1. The van der Waals surface area contributed by atoms with Crippen LogP contribution < -0.4 is 10.2 Å². The Labute approximate surface area is 174 Å². The van der Waals surface area contributed by atoms with Gasteiger partial charge in [-0.25, -0.2) is 9.18 Å². The zero-order valence-corrected chi connectivity index (χ0v) is 17.2. The third kappa shape index (κ3) is 5.35. The highest BCUT2D eigenvalue weighted by atomic mass is 19.1. The summed E-state index contributed by atoms with van der Waals surface area (Å²) in [6, 6.07) is 4.72. The summed E-state index contributed by atoms with van der Waals surface area (Å²) in [6.07, 6.45) is 1.39. The van der Waals surface area contributed by atoms with E-state index in [2.05, 4.69) is 15.0 Å². The van der Waals surface area contributed by atoms with Gasteiger partial charge in [0.15, 0.2) is 0 Å². The molecule has 1 aromatic carbocycles. The van der Waals surface area contributed by atoms with E-state index in [1.807, 2.05) is 4.90 Å². The van der Waals surface area contributed by atoms with E-state index in [0.29, 0.717) is 42.9 Å². The zero-order valence-electron chi connectivity index (χ0n) is 17.2. The van der Waals surface area contributed by atoms with Gasteiger partial charge in [0.25, 0.3) is 0 Å². The molecule has 0 saturated carbocycles. The molecule has 0 bridgehead atoms. The minimum absolute atomic E-state index is 0.186. The lowest BCUT2D eigenvalue weighted by molar-refractivity contribution is -0.141. The van der Waals surface area contributed by atoms with Crippen LogP contribution in [0.25, 0.3) is 5.57 Å². The summed E-state index contributed by atoms with van der Waals surface area (Å²) in [7, 11) is 1.37. The fourth-order valence-electron chi connectivity index (χ4n) is 3.54. The largest absolute Gasteiger partial charge is 0.469 e. The lowest BCUT2D eigenvalue weighted by Crippen LogP contribution is -2.47. The second-order valence-electron chi connectivity index (χ2n) is 7.28. The van der Waals surface area contributed by atoms with Crippen LogP contribution in [0.4, 0.5) is 10.1 Å². The van der Waals surface area contributed by atoms with E-state index in [0.717, 1.165) is 13.1 Å². The second kappa shape index (κ2) is 9.71. The Morgan fingerprint density at radius 1 is 1.27 bits per heavy atom. The van der Waals surface area contributed by atoms with Crippen molar-refractivity contribution in [2.24, 2.45) is 0 Å². The van der Waals surface area contributed by atoms with E-state index in [1.165, 1.54) is 20.1 Å². The molecule has 1 N–H and O–H groups in total. The first-order valence-corrected chi connectivity index (χ1v) is 9.88. The van der Waals surface area contributed by atoms with Crippen molar-refractivity contribution in [1.29, 1.82) is 0 Å². The number of carbonyl (C=O) groups excluding carboxylic acids is 3. The molecule has 1 saturated heterocycles. The maximum atomic E-state index is 14.8. The van der Waals surface area contributed by atoms with Crippen molar-refractivity contribution < 1.29 is 28.2 Å². The third-order valence-electron chi connectivity index (χ3n) is 5.21. The van der Waals surface area contributed by atoms with Gasteiger partial charge in [-0.05, 0) is 23.8 Å². The number of cyclic esters (lactones) is 1. The van der Waals surface area contributed by atoms with Crippen molar-refractivity contribution >= 4 is 29.1 Å². The van der Waals surface area contributed by atoms with Gasteiger partial charge in [0, 0.05) is 39.6 Å². The molecule has 0 radical (unpaired) electrons. The number of benzene rings is 1. The number of methoxy groups -OCH3 is 1. The highest BCUT2D eigenvalue weighted by molar-refractivity contribution is 6.18. The number of amides is 1. The molecule has 0 aromatic heterocycles. The van der Waals surface area contributed by atoms with Gasteiger partial charge in [0.1, 0.15) is 11.9 Å². The van der Waals surface area contributed by atoms with Gasteiger partial charge < -0.3 is 19.7 Å². The molecule has 2 aliphatic heterocycles. The first-order valence-electron chi connectivity index (χ1n) is 9.88. The summed E-state index contributed by atoms with van der Waals surface area (Å²) in [5.41, 5.74) is 1.22. The molecule has 3 rings (SSSR count). The molecule has 9 heteroatoms. The van der Waals surface area contributed by atoms with Crippen LogP contribution in [0.15, 0.2) is 24.3 Å². The summed E-state index contributed by atoms with van der Waals surface area (Å²) in [4.78, 5) is 38.5. The van der Waals surface area contributed by atoms with Crippen molar-refractivity contribution in [2.75, 3.05) is 51.3 Å². The number of hydrogen-bond acceptors (Lipinski definition) is 7. The van der Waals surface area contributed by atoms with E-state index in [1.54, 1.807) is 18.2 Å². The highest BCUT2D eigenvalue weighted by Gasteiger charge is 2.28. The van der Waals surface area contributed by atoms with Crippen molar-refractivity contribution in [3.8, 4) is 0 Å². The van der Waals surface area contributed by atoms with E-state index in [-0.39, 0.29) is 18.4 Å². The summed E-state index contributed by atoms with van der Waals surface area (Å²) >= 11 is 0. The lowest BCUT2D eigenvalue weighted by atomic mass is 10.0. The Kier molecular flexibility index (Phi) is 7.04. The number of rotatable bonds is 7. The Morgan fingerprint density at radius 3 is 2.63 bits per heavy atom. The molecule has 1 atom stereocenters. The molecule has 0 aliphatic carbocycles. The number of ether oxygens (including phenoxy) is 2. The van der Waals surface area contributed by atoms with Crippen LogP contribution in [0, 0.1) is 5.82 Å². The maximum absolute atomic E-state index is 14.8. The van der Waals surface area contributed by atoms with Crippen molar-refractivity contribution in [2.45, 2.75) is 19.4 Å². The van der Waals surface area contributed by atoms with E-state index >= 15 is 0 Å². The number of hydrogen-bond donors (Lipinski definition) is 1. The van der Waals surface area contributed by atoms with Gasteiger partial charge in [0.2, 0.25) is 5.91 Å². The maximum Gasteiger partial charge on any atom is 0.339 e. The predicted octanol–water partition coefficient (Wildman–Crippen LogP) is 0.956. The number of halogens is 1. The van der Waals surface area contributed by atoms with Gasteiger partial charge in [-0.15, -0.1) is 0 Å². The summed E-state index contributed by atoms with van der Waals surface area (Å²) < 4.78 is 24.7. The molecule has 0 unspecified atom stereocenters. The summed E-state index contributed by atoms with van der Waals surface area (Å²) in [5, 5.41) is 2.59. The van der Waals surface area contributed by atoms with Crippen LogP contribution in [-0.2, 0) is 23.9 Å². The number of nitrogens with one attached hydrogen (secondary N) is 1. The first kappa shape index (κ1) is 21.8. The summed E-state index contributed by atoms with van der Waals surface area (Å²) in [5.74, 6) is -1.39. The number of nitrogens with zero attached hydrogens (tertiary/aromatic N) is 2. The smallest absolute Gasteiger partial charge is 0.339 e. The average molecular weight is 419 g/mol. The third-order valence-corrected chi connectivity index (χ3v) is 5.21. The molecular weight excluding hydrogens is 393 g/mol. The minimum Gasteiger partial charge on any atom is -0.469 e. The zero-order chi connectivity index (χ0) is 21.7. The number of piperazine rings is 1. The lowest BCUT2D eigenvalue weighted by Gasteiger charge is -2.36. The Bertz CT molecular complexity index is 849. The molecule has 1 amide bonds. The van der Waals surface area contributed by atoms with Crippen LogP contribution in [0.2, 0.25) is 0 Å². The van der Waals surface area contributed by atoms with Crippen LogP contribution in [-0.4, -0.2) is 75.2 Å². The van der Waals surface area contributed by atoms with Gasteiger partial charge in [0.05, 0.1) is 31.3 Å². The number of esters is 2. The monoisotopic (exact) mass is 419 g/mol. The fourth-order valence-corrected chi connectivity index (χ4v) is 3.54. The molecule has 30 heavy (non-hydrogen) atoms. The van der Waals surface area contributed by atoms with Crippen LogP contribution >= 0.6 is 0 Å². The van der Waals surface area contributed by atoms with Crippen molar-refractivity contribution in [1.82, 2.24) is 10.2 Å². The summed E-state index contributed by atoms with van der Waals surface area (Å²) in [6.45, 7) is 4.92. The molecular formula is C21H26FN3O5. The highest BCUT2D eigenvalue weighted by Crippen LogP contribution is 2.29. The van der Waals surface area contributed by atoms with Crippen LogP contribution in [0.1, 0.15) is 18.9 Å². The van der Waals surface area contributed by atoms with Crippen molar-refractivity contribution in [3.63, 3.8) is 0 Å². The first-order chi connectivity index (χ1) is 14.4. The van der Waals surface area contributed by atoms with Gasteiger partial charge in [-0.2, -0.15) is 0 Å². The Morgan fingerprint density at radius 2 is 2.00 bits per heavy atom. The van der Waals surface area contributed by atoms with Gasteiger partial charge in [-0.3, -0.25) is 14.5 Å². The fraction of sp³-hybridized carbons (Fsp3) is 0.476. The van der Waals surface area contributed by atoms with Gasteiger partial charge >= 0.3 is 11.9 Å².